The third-order valence-electron chi connectivity index (χ3n) is 5.67. The lowest BCUT2D eigenvalue weighted by molar-refractivity contribution is -0.0208. The monoisotopic (exact) mass is 240 g/mol. The van der Waals surface area contributed by atoms with E-state index in [1.165, 1.54) is 19.3 Å². The Kier molecular flexibility index (Phi) is 3.84. The lowest BCUT2D eigenvalue weighted by Gasteiger charge is -2.33. The number of fused-ring (bicyclic) bond motifs is 1. The van der Waals surface area contributed by atoms with Gasteiger partial charge in [0.15, 0.2) is 0 Å². The fourth-order valence-electron chi connectivity index (χ4n) is 4.23. The molecular weight excluding hydrogens is 212 g/mol. The van der Waals surface area contributed by atoms with Crippen LogP contribution in [0.1, 0.15) is 52.9 Å². The minimum atomic E-state index is -0.473. The van der Waals surface area contributed by atoms with E-state index in [2.05, 4.69) is 13.8 Å². The van der Waals surface area contributed by atoms with Gasteiger partial charge in [0.05, 0.1) is 5.60 Å². The molecule has 0 amide bonds. The summed E-state index contributed by atoms with van der Waals surface area (Å²) in [4.78, 5) is 0. The number of hydrogen-bond donors (Lipinski definition) is 2. The van der Waals surface area contributed by atoms with Crippen LogP contribution in [0, 0.1) is 29.6 Å². The molecule has 2 fully saturated rings. The Labute approximate surface area is 105 Å². The maximum absolute atomic E-state index is 10.7. The highest BCUT2D eigenvalue weighted by atomic mass is 16.3. The van der Waals surface area contributed by atoms with Crippen LogP contribution in [0.25, 0.3) is 0 Å². The maximum Gasteiger partial charge on any atom is 0.0650 e. The summed E-state index contributed by atoms with van der Waals surface area (Å²) >= 11 is 0. The molecule has 0 radical (unpaired) electrons. The quantitative estimate of drug-likeness (QED) is 0.779. The Morgan fingerprint density at radius 1 is 1.29 bits per heavy atom. The molecule has 0 aromatic carbocycles. The average Bonchev–Trinajstić information content (AvgIpc) is 2.58. The summed E-state index contributed by atoms with van der Waals surface area (Å²) < 4.78 is 0. The summed E-state index contributed by atoms with van der Waals surface area (Å²) in [7, 11) is 0. The zero-order chi connectivity index (χ0) is 12.6. The summed E-state index contributed by atoms with van der Waals surface area (Å²) in [5, 5.41) is 20.0. The fraction of sp³-hybridized carbons (Fsp3) is 1.00. The Morgan fingerprint density at radius 2 is 2.00 bits per heavy atom. The first-order valence-electron chi connectivity index (χ1n) is 7.29. The van der Waals surface area contributed by atoms with E-state index in [1.807, 2.05) is 6.92 Å². The molecule has 0 spiro atoms. The normalized spacial score (nSPS) is 48.5. The summed E-state index contributed by atoms with van der Waals surface area (Å²) in [6.45, 7) is 6.82. The highest BCUT2D eigenvalue weighted by molar-refractivity contribution is 4.97. The molecule has 0 aliphatic heterocycles. The molecule has 100 valence electrons. The van der Waals surface area contributed by atoms with Crippen LogP contribution in [0.3, 0.4) is 0 Å². The van der Waals surface area contributed by atoms with E-state index in [1.54, 1.807) is 0 Å². The standard InChI is InChI=1S/C15H28O2/c1-10-4-5-14-13(10)8-12(11(2)9-16)6-7-15(14,3)17/h10-14,16-17H,4-9H2,1-3H3/t10-,11+,12+,13-,14+,15-/m1/s1. The Morgan fingerprint density at radius 3 is 2.65 bits per heavy atom. The Balaban J connectivity index is 2.15. The van der Waals surface area contributed by atoms with Crippen molar-refractivity contribution < 1.29 is 10.2 Å². The van der Waals surface area contributed by atoms with Crippen LogP contribution < -0.4 is 0 Å². The van der Waals surface area contributed by atoms with E-state index in [-0.39, 0.29) is 0 Å². The van der Waals surface area contributed by atoms with Gasteiger partial charge in [0.1, 0.15) is 0 Å². The molecular formula is C15H28O2. The highest BCUT2D eigenvalue weighted by Gasteiger charge is 2.47. The van der Waals surface area contributed by atoms with Gasteiger partial charge in [-0.2, -0.15) is 0 Å². The van der Waals surface area contributed by atoms with Crippen molar-refractivity contribution in [2.75, 3.05) is 6.61 Å². The minimum Gasteiger partial charge on any atom is -0.396 e. The zero-order valence-corrected chi connectivity index (χ0v) is 11.5. The predicted molar refractivity (Wildman–Crippen MR) is 69.6 cm³/mol. The van der Waals surface area contributed by atoms with Crippen LogP contribution in [0.2, 0.25) is 0 Å². The molecule has 0 heterocycles. The van der Waals surface area contributed by atoms with Crippen molar-refractivity contribution >= 4 is 0 Å². The molecule has 2 rings (SSSR count). The Bertz CT molecular complexity index is 262. The van der Waals surface area contributed by atoms with Gasteiger partial charge in [0.2, 0.25) is 0 Å². The summed E-state index contributed by atoms with van der Waals surface area (Å²) in [5.74, 6) is 2.90. The Hall–Kier alpha value is -0.0800. The van der Waals surface area contributed by atoms with Gasteiger partial charge in [-0.25, -0.2) is 0 Å². The van der Waals surface area contributed by atoms with Crippen LogP contribution in [0.4, 0.5) is 0 Å². The first-order chi connectivity index (χ1) is 7.95. The second-order valence-electron chi connectivity index (χ2n) is 6.88. The molecule has 17 heavy (non-hydrogen) atoms. The average molecular weight is 240 g/mol. The van der Waals surface area contributed by atoms with Crippen LogP contribution >= 0.6 is 0 Å². The molecule has 2 nitrogen and oxygen atoms in total. The van der Waals surface area contributed by atoms with Gasteiger partial charge in [-0.05, 0) is 62.2 Å². The molecule has 0 saturated heterocycles. The van der Waals surface area contributed by atoms with Gasteiger partial charge in [-0.3, -0.25) is 0 Å². The van der Waals surface area contributed by atoms with Gasteiger partial charge >= 0.3 is 0 Å². The summed E-state index contributed by atoms with van der Waals surface area (Å²) in [5.41, 5.74) is -0.473. The smallest absolute Gasteiger partial charge is 0.0650 e. The van der Waals surface area contributed by atoms with Crippen LogP contribution in [0.5, 0.6) is 0 Å². The van der Waals surface area contributed by atoms with E-state index < -0.39 is 5.60 Å². The molecule has 0 aromatic heterocycles. The fourth-order valence-corrected chi connectivity index (χ4v) is 4.23. The number of aliphatic hydroxyl groups is 2. The molecule has 2 saturated carbocycles. The number of rotatable bonds is 2. The van der Waals surface area contributed by atoms with Gasteiger partial charge < -0.3 is 10.2 Å². The van der Waals surface area contributed by atoms with Gasteiger partial charge in [-0.1, -0.05) is 20.3 Å². The van der Waals surface area contributed by atoms with E-state index in [0.29, 0.717) is 30.3 Å². The topological polar surface area (TPSA) is 40.5 Å². The van der Waals surface area contributed by atoms with E-state index in [4.69, 9.17) is 0 Å². The van der Waals surface area contributed by atoms with Crippen molar-refractivity contribution in [3.05, 3.63) is 0 Å². The van der Waals surface area contributed by atoms with Crippen molar-refractivity contribution in [3.8, 4) is 0 Å². The lowest BCUT2D eigenvalue weighted by atomic mass is 9.77. The van der Waals surface area contributed by atoms with Gasteiger partial charge in [0, 0.05) is 6.61 Å². The van der Waals surface area contributed by atoms with Crippen molar-refractivity contribution in [2.24, 2.45) is 29.6 Å². The lowest BCUT2D eigenvalue weighted by Crippen LogP contribution is -2.36. The second kappa shape index (κ2) is 4.89. The SMILES string of the molecule is C[C@@H]1CC[C@H]2[C@@H]1C[C@@H]([C@@H](C)CO)CC[C@@]2(C)O. The first-order valence-corrected chi connectivity index (χ1v) is 7.29. The van der Waals surface area contributed by atoms with Gasteiger partial charge in [0.25, 0.3) is 0 Å². The number of aliphatic hydroxyl groups excluding tert-OH is 1. The molecule has 2 aliphatic carbocycles. The number of hydrogen-bond acceptors (Lipinski definition) is 2. The molecule has 6 atom stereocenters. The van der Waals surface area contributed by atoms with E-state index >= 15 is 0 Å². The first kappa shape index (κ1) is 13.4. The zero-order valence-electron chi connectivity index (χ0n) is 11.5. The third kappa shape index (κ3) is 2.53. The van der Waals surface area contributed by atoms with Crippen LogP contribution in [-0.4, -0.2) is 22.4 Å². The molecule has 2 heteroatoms. The second-order valence-corrected chi connectivity index (χ2v) is 6.88. The predicted octanol–water partition coefficient (Wildman–Crippen LogP) is 2.83. The minimum absolute atomic E-state index is 0.290. The van der Waals surface area contributed by atoms with Crippen LogP contribution in [-0.2, 0) is 0 Å². The van der Waals surface area contributed by atoms with Crippen molar-refractivity contribution in [3.63, 3.8) is 0 Å². The molecule has 0 unspecified atom stereocenters. The largest absolute Gasteiger partial charge is 0.396 e. The van der Waals surface area contributed by atoms with E-state index in [0.717, 1.165) is 18.8 Å². The summed E-state index contributed by atoms with van der Waals surface area (Å²) in [6, 6.07) is 0. The van der Waals surface area contributed by atoms with Crippen molar-refractivity contribution in [1.82, 2.24) is 0 Å². The molecule has 2 N–H and O–H groups in total. The third-order valence-corrected chi connectivity index (χ3v) is 5.67. The molecule has 0 aromatic rings. The maximum atomic E-state index is 10.7. The molecule has 0 bridgehead atoms. The van der Waals surface area contributed by atoms with Crippen LogP contribution in [0.15, 0.2) is 0 Å². The van der Waals surface area contributed by atoms with E-state index in [9.17, 15) is 10.2 Å². The summed E-state index contributed by atoms with van der Waals surface area (Å²) in [6.07, 6.45) is 5.67. The van der Waals surface area contributed by atoms with Crippen molar-refractivity contribution in [1.29, 1.82) is 0 Å². The molecule has 2 aliphatic rings. The highest BCUT2D eigenvalue weighted by Crippen LogP contribution is 2.51. The van der Waals surface area contributed by atoms with Gasteiger partial charge in [-0.15, -0.1) is 0 Å². The van der Waals surface area contributed by atoms with Crippen molar-refractivity contribution in [2.45, 2.75) is 58.5 Å².